The van der Waals surface area contributed by atoms with Crippen LogP contribution in [0.1, 0.15) is 12.8 Å². The van der Waals surface area contributed by atoms with Crippen molar-refractivity contribution in [2.45, 2.75) is 12.8 Å². The SMILES string of the molecule is [c]1ccc2nc(Oc3ccc(NCC4CC4)cc3)ccc2c1. The van der Waals surface area contributed by atoms with Gasteiger partial charge < -0.3 is 10.1 Å². The first-order valence-corrected chi connectivity index (χ1v) is 7.65. The van der Waals surface area contributed by atoms with Gasteiger partial charge >= 0.3 is 0 Å². The highest BCUT2D eigenvalue weighted by Crippen LogP contribution is 2.29. The van der Waals surface area contributed by atoms with Gasteiger partial charge in [-0.05, 0) is 67.3 Å². The normalized spacial score (nSPS) is 14.0. The Hall–Kier alpha value is -2.55. The van der Waals surface area contributed by atoms with Crippen LogP contribution in [0.25, 0.3) is 10.9 Å². The summed E-state index contributed by atoms with van der Waals surface area (Å²) >= 11 is 0. The van der Waals surface area contributed by atoms with Gasteiger partial charge in [-0.25, -0.2) is 4.98 Å². The second kappa shape index (κ2) is 5.68. The first-order valence-electron chi connectivity index (χ1n) is 7.65. The van der Waals surface area contributed by atoms with E-state index in [1.54, 1.807) is 0 Å². The molecule has 1 saturated carbocycles. The molecule has 0 amide bonds. The predicted molar refractivity (Wildman–Crippen MR) is 88.3 cm³/mol. The molecule has 109 valence electrons. The van der Waals surface area contributed by atoms with Gasteiger partial charge in [-0.3, -0.25) is 0 Å². The summed E-state index contributed by atoms with van der Waals surface area (Å²) in [5, 5.41) is 4.51. The Bertz CT molecular complexity index is 779. The van der Waals surface area contributed by atoms with Crippen molar-refractivity contribution in [1.82, 2.24) is 4.98 Å². The maximum atomic E-state index is 5.83. The molecule has 3 heteroatoms. The Morgan fingerprint density at radius 1 is 1.09 bits per heavy atom. The van der Waals surface area contributed by atoms with E-state index in [1.807, 2.05) is 54.6 Å². The minimum atomic E-state index is 0.609. The predicted octanol–water partition coefficient (Wildman–Crippen LogP) is 4.65. The number of nitrogens with zero attached hydrogens (tertiary/aromatic N) is 1. The van der Waals surface area contributed by atoms with Gasteiger partial charge in [-0.2, -0.15) is 0 Å². The summed E-state index contributed by atoms with van der Waals surface area (Å²) in [5.74, 6) is 2.28. The van der Waals surface area contributed by atoms with Crippen molar-refractivity contribution in [3.8, 4) is 11.6 Å². The number of rotatable bonds is 5. The number of nitrogens with one attached hydrogen (secondary N) is 1. The van der Waals surface area contributed by atoms with Crippen molar-refractivity contribution in [1.29, 1.82) is 0 Å². The van der Waals surface area contributed by atoms with Crippen LogP contribution in [0.5, 0.6) is 11.6 Å². The van der Waals surface area contributed by atoms with Crippen LogP contribution >= 0.6 is 0 Å². The number of hydrogen-bond acceptors (Lipinski definition) is 3. The van der Waals surface area contributed by atoms with Crippen LogP contribution in [-0.4, -0.2) is 11.5 Å². The molecule has 3 aromatic rings. The van der Waals surface area contributed by atoms with Gasteiger partial charge in [0, 0.05) is 23.7 Å². The average Bonchev–Trinajstić information content (AvgIpc) is 3.38. The number of hydrogen-bond donors (Lipinski definition) is 1. The molecule has 4 rings (SSSR count). The Morgan fingerprint density at radius 3 is 2.77 bits per heavy atom. The zero-order chi connectivity index (χ0) is 14.8. The topological polar surface area (TPSA) is 34.1 Å². The Labute approximate surface area is 130 Å². The third-order valence-corrected chi connectivity index (χ3v) is 3.88. The van der Waals surface area contributed by atoms with E-state index in [1.165, 1.54) is 12.8 Å². The second-order valence-corrected chi connectivity index (χ2v) is 5.72. The molecule has 0 atom stereocenters. The van der Waals surface area contributed by atoms with Crippen molar-refractivity contribution in [3.63, 3.8) is 0 Å². The molecule has 0 saturated heterocycles. The summed E-state index contributed by atoms with van der Waals surface area (Å²) in [4.78, 5) is 4.50. The summed E-state index contributed by atoms with van der Waals surface area (Å²) in [5.41, 5.74) is 2.06. The van der Waals surface area contributed by atoms with Crippen LogP contribution in [0.15, 0.2) is 54.6 Å². The monoisotopic (exact) mass is 289 g/mol. The smallest absolute Gasteiger partial charge is 0.219 e. The third kappa shape index (κ3) is 3.03. The Balaban J connectivity index is 1.46. The second-order valence-electron chi connectivity index (χ2n) is 5.72. The standard InChI is InChI=1S/C19H17N2O/c1-2-4-18-15(3-1)7-12-19(21-18)22-17-10-8-16(9-11-17)20-13-14-5-6-14/h2-4,7-12,14,20H,5-6,13H2. The molecule has 1 aliphatic carbocycles. The van der Waals surface area contributed by atoms with Crippen molar-refractivity contribution in [3.05, 3.63) is 60.7 Å². The van der Waals surface area contributed by atoms with Crippen molar-refractivity contribution < 1.29 is 4.74 Å². The highest BCUT2D eigenvalue weighted by atomic mass is 16.5. The third-order valence-electron chi connectivity index (χ3n) is 3.88. The number of aromatic nitrogens is 1. The molecule has 1 fully saturated rings. The van der Waals surface area contributed by atoms with E-state index >= 15 is 0 Å². The fraction of sp³-hybridized carbons (Fsp3) is 0.211. The maximum Gasteiger partial charge on any atom is 0.219 e. The molecule has 22 heavy (non-hydrogen) atoms. The lowest BCUT2D eigenvalue weighted by Crippen LogP contribution is -2.02. The van der Waals surface area contributed by atoms with E-state index in [2.05, 4.69) is 16.4 Å². The van der Waals surface area contributed by atoms with Crippen LogP contribution in [0, 0.1) is 12.0 Å². The molecule has 0 bridgehead atoms. The fourth-order valence-corrected chi connectivity index (χ4v) is 2.39. The molecule has 0 unspecified atom stereocenters. The van der Waals surface area contributed by atoms with Crippen LogP contribution in [0.4, 0.5) is 5.69 Å². The van der Waals surface area contributed by atoms with E-state index in [9.17, 15) is 0 Å². The van der Waals surface area contributed by atoms with Gasteiger partial charge in [0.25, 0.3) is 0 Å². The zero-order valence-corrected chi connectivity index (χ0v) is 12.3. The molecule has 0 spiro atoms. The van der Waals surface area contributed by atoms with Gasteiger partial charge in [0.15, 0.2) is 0 Å². The minimum absolute atomic E-state index is 0.609. The number of anilines is 1. The summed E-state index contributed by atoms with van der Waals surface area (Å²) in [6, 6.07) is 20.7. The average molecular weight is 289 g/mol. The lowest BCUT2D eigenvalue weighted by Gasteiger charge is -2.08. The van der Waals surface area contributed by atoms with Gasteiger partial charge in [0.1, 0.15) is 5.75 Å². The van der Waals surface area contributed by atoms with Crippen LogP contribution in [0.2, 0.25) is 0 Å². The van der Waals surface area contributed by atoms with Gasteiger partial charge in [0.05, 0.1) is 5.52 Å². The summed E-state index contributed by atoms with van der Waals surface area (Å²) in [7, 11) is 0. The fourth-order valence-electron chi connectivity index (χ4n) is 2.39. The van der Waals surface area contributed by atoms with Crippen molar-refractivity contribution in [2.24, 2.45) is 5.92 Å². The molecule has 1 aromatic heterocycles. The highest BCUT2D eigenvalue weighted by Gasteiger charge is 2.20. The Morgan fingerprint density at radius 2 is 1.95 bits per heavy atom. The van der Waals surface area contributed by atoms with Crippen molar-refractivity contribution in [2.75, 3.05) is 11.9 Å². The molecule has 0 aliphatic heterocycles. The molecule has 2 aromatic carbocycles. The van der Waals surface area contributed by atoms with Gasteiger partial charge in [0.2, 0.25) is 5.88 Å². The molecular weight excluding hydrogens is 272 g/mol. The summed E-state index contributed by atoms with van der Waals surface area (Å²) < 4.78 is 5.83. The minimum Gasteiger partial charge on any atom is -0.439 e. The molecular formula is C19H17N2O. The molecule has 1 N–H and O–H groups in total. The van der Waals surface area contributed by atoms with Gasteiger partial charge in [-0.15, -0.1) is 0 Å². The number of pyridine rings is 1. The summed E-state index contributed by atoms with van der Waals surface area (Å²) in [6.07, 6.45) is 2.72. The maximum absolute atomic E-state index is 5.83. The molecule has 1 heterocycles. The number of ether oxygens (including phenoxy) is 1. The molecule has 1 aliphatic rings. The van der Waals surface area contributed by atoms with E-state index in [-0.39, 0.29) is 0 Å². The van der Waals surface area contributed by atoms with E-state index < -0.39 is 0 Å². The molecule has 3 nitrogen and oxygen atoms in total. The lowest BCUT2D eigenvalue weighted by molar-refractivity contribution is 0.465. The first-order chi connectivity index (χ1) is 10.9. The molecule has 1 radical (unpaired) electrons. The van der Waals surface area contributed by atoms with E-state index in [0.29, 0.717) is 5.88 Å². The Kier molecular flexibility index (Phi) is 3.39. The number of benzene rings is 2. The van der Waals surface area contributed by atoms with E-state index in [4.69, 9.17) is 4.74 Å². The van der Waals surface area contributed by atoms with Crippen molar-refractivity contribution >= 4 is 16.6 Å². The quantitative estimate of drug-likeness (QED) is 0.742. The highest BCUT2D eigenvalue weighted by molar-refractivity contribution is 5.78. The van der Waals surface area contributed by atoms with Crippen LogP contribution in [0.3, 0.4) is 0 Å². The zero-order valence-electron chi connectivity index (χ0n) is 12.3. The van der Waals surface area contributed by atoms with Gasteiger partial charge in [-0.1, -0.05) is 6.07 Å². The number of fused-ring (bicyclic) bond motifs is 1. The van der Waals surface area contributed by atoms with Crippen LogP contribution in [-0.2, 0) is 0 Å². The first kappa shape index (κ1) is 13.1. The largest absolute Gasteiger partial charge is 0.439 e. The van der Waals surface area contributed by atoms with Crippen LogP contribution < -0.4 is 10.1 Å². The van der Waals surface area contributed by atoms with E-state index in [0.717, 1.165) is 34.8 Å². The lowest BCUT2D eigenvalue weighted by atomic mass is 10.2. The summed E-state index contributed by atoms with van der Waals surface area (Å²) in [6.45, 7) is 1.07.